The molecule has 1 fully saturated rings. The molecule has 0 radical (unpaired) electrons. The minimum atomic E-state index is -0.133. The third-order valence-electron chi connectivity index (χ3n) is 3.14. The van der Waals surface area contributed by atoms with Crippen LogP contribution in [0.25, 0.3) is 0 Å². The topological polar surface area (TPSA) is 52.3 Å². The van der Waals surface area contributed by atoms with Crippen LogP contribution < -0.4 is 10.5 Å². The number of methoxy groups -OCH3 is 1. The van der Waals surface area contributed by atoms with E-state index in [2.05, 4.69) is 0 Å². The van der Waals surface area contributed by atoms with Gasteiger partial charge in [-0.2, -0.15) is 0 Å². The van der Waals surface area contributed by atoms with E-state index in [9.17, 15) is 4.79 Å². The average molecular weight is 205 g/mol. The van der Waals surface area contributed by atoms with Crippen LogP contribution in [-0.4, -0.2) is 19.4 Å². The van der Waals surface area contributed by atoms with Crippen LogP contribution in [0.15, 0.2) is 24.3 Å². The monoisotopic (exact) mass is 205 g/mol. The Morgan fingerprint density at radius 3 is 2.73 bits per heavy atom. The van der Waals surface area contributed by atoms with Crippen LogP contribution in [0.4, 0.5) is 0 Å². The number of carbonyl (C=O) groups excluding carboxylic acids is 1. The van der Waals surface area contributed by atoms with Crippen LogP contribution in [0.2, 0.25) is 0 Å². The van der Waals surface area contributed by atoms with Crippen molar-refractivity contribution in [2.75, 3.05) is 13.7 Å². The number of nitrogens with two attached hydrogens (primary N) is 1. The van der Waals surface area contributed by atoms with Gasteiger partial charge >= 0.3 is 0 Å². The molecule has 0 aliphatic heterocycles. The fourth-order valence-corrected chi connectivity index (χ4v) is 2.12. The first-order valence-corrected chi connectivity index (χ1v) is 5.06. The van der Waals surface area contributed by atoms with Crippen LogP contribution in [0.5, 0.6) is 5.75 Å². The molecule has 0 aromatic heterocycles. The highest BCUT2D eigenvalue weighted by Crippen LogP contribution is 2.41. The smallest absolute Gasteiger partial charge is 0.134 e. The first kappa shape index (κ1) is 10.2. The average Bonchev–Trinajstić information content (AvgIpc) is 2.24. The van der Waals surface area contributed by atoms with Crippen molar-refractivity contribution in [2.45, 2.75) is 18.3 Å². The van der Waals surface area contributed by atoms with Gasteiger partial charge in [-0.05, 0) is 17.7 Å². The highest BCUT2D eigenvalue weighted by atomic mass is 16.5. The molecule has 0 spiro atoms. The van der Waals surface area contributed by atoms with Crippen molar-refractivity contribution in [1.29, 1.82) is 0 Å². The third-order valence-corrected chi connectivity index (χ3v) is 3.14. The zero-order chi connectivity index (χ0) is 10.9. The molecule has 1 aliphatic rings. The number of rotatable bonds is 3. The Hall–Kier alpha value is -1.35. The van der Waals surface area contributed by atoms with E-state index < -0.39 is 0 Å². The van der Waals surface area contributed by atoms with Crippen molar-refractivity contribution in [3.8, 4) is 5.75 Å². The molecule has 0 saturated heterocycles. The first-order chi connectivity index (χ1) is 7.20. The van der Waals surface area contributed by atoms with E-state index in [-0.39, 0.29) is 5.41 Å². The van der Waals surface area contributed by atoms with Crippen molar-refractivity contribution >= 4 is 5.78 Å². The van der Waals surface area contributed by atoms with Gasteiger partial charge in [-0.3, -0.25) is 4.79 Å². The molecule has 0 amide bonds. The Morgan fingerprint density at radius 2 is 2.20 bits per heavy atom. The molecule has 1 aromatic carbocycles. The summed E-state index contributed by atoms with van der Waals surface area (Å²) in [5.74, 6) is 1.11. The Kier molecular flexibility index (Phi) is 2.49. The molecule has 3 heteroatoms. The van der Waals surface area contributed by atoms with Gasteiger partial charge in [-0.15, -0.1) is 0 Å². The van der Waals surface area contributed by atoms with Gasteiger partial charge in [0, 0.05) is 24.8 Å². The summed E-state index contributed by atoms with van der Waals surface area (Å²) in [5.41, 5.74) is 6.74. The van der Waals surface area contributed by atoms with E-state index in [0.717, 1.165) is 11.3 Å². The summed E-state index contributed by atoms with van der Waals surface area (Å²) in [4.78, 5) is 11.1. The fourth-order valence-electron chi connectivity index (χ4n) is 2.12. The lowest BCUT2D eigenvalue weighted by molar-refractivity contribution is -0.128. The molecule has 3 nitrogen and oxygen atoms in total. The standard InChI is InChI=1S/C12H15NO2/c1-15-11-4-2-3-9(5-11)12(8-13)6-10(14)7-12/h2-5H,6-8,13H2,1H3. The SMILES string of the molecule is COc1cccc(C2(CN)CC(=O)C2)c1. The van der Waals surface area contributed by atoms with Crippen LogP contribution in [0.3, 0.4) is 0 Å². The van der Waals surface area contributed by atoms with Crippen LogP contribution in [0, 0.1) is 0 Å². The molecule has 0 heterocycles. The van der Waals surface area contributed by atoms with E-state index >= 15 is 0 Å². The highest BCUT2D eigenvalue weighted by Gasteiger charge is 2.43. The number of ketones is 1. The van der Waals surface area contributed by atoms with Crippen molar-refractivity contribution in [1.82, 2.24) is 0 Å². The van der Waals surface area contributed by atoms with Crippen molar-refractivity contribution < 1.29 is 9.53 Å². The summed E-state index contributed by atoms with van der Waals surface area (Å²) in [5, 5.41) is 0. The maximum Gasteiger partial charge on any atom is 0.134 e. The van der Waals surface area contributed by atoms with Gasteiger partial charge in [-0.25, -0.2) is 0 Å². The minimum Gasteiger partial charge on any atom is -0.497 e. The Bertz CT molecular complexity index is 379. The maximum absolute atomic E-state index is 11.1. The lowest BCUT2D eigenvalue weighted by Crippen LogP contribution is -2.47. The zero-order valence-corrected chi connectivity index (χ0v) is 8.82. The van der Waals surface area contributed by atoms with Crippen LogP contribution >= 0.6 is 0 Å². The molecule has 1 saturated carbocycles. The molecule has 2 rings (SSSR count). The zero-order valence-electron chi connectivity index (χ0n) is 8.82. The lowest BCUT2D eigenvalue weighted by Gasteiger charge is -2.40. The first-order valence-electron chi connectivity index (χ1n) is 5.06. The predicted molar refractivity (Wildman–Crippen MR) is 58.0 cm³/mol. The molecule has 0 unspecified atom stereocenters. The fraction of sp³-hybridized carbons (Fsp3) is 0.417. The number of benzene rings is 1. The van der Waals surface area contributed by atoms with Gasteiger partial charge in [0.25, 0.3) is 0 Å². The number of Topliss-reactive ketones (excluding diaryl/α,β-unsaturated/α-hetero) is 1. The van der Waals surface area contributed by atoms with Gasteiger partial charge in [-0.1, -0.05) is 12.1 Å². The summed E-state index contributed by atoms with van der Waals surface area (Å²) in [6, 6.07) is 7.82. The van der Waals surface area contributed by atoms with E-state index in [1.807, 2.05) is 24.3 Å². The molecular formula is C12H15NO2. The number of hydrogen-bond donors (Lipinski definition) is 1. The molecule has 1 aliphatic carbocycles. The van der Waals surface area contributed by atoms with Crippen molar-refractivity contribution in [3.63, 3.8) is 0 Å². The van der Waals surface area contributed by atoms with Crippen LogP contribution in [0.1, 0.15) is 18.4 Å². The number of ether oxygens (including phenoxy) is 1. The van der Waals surface area contributed by atoms with E-state index in [1.165, 1.54) is 0 Å². The minimum absolute atomic E-state index is 0.133. The Balaban J connectivity index is 2.31. The summed E-state index contributed by atoms with van der Waals surface area (Å²) >= 11 is 0. The largest absolute Gasteiger partial charge is 0.497 e. The molecule has 15 heavy (non-hydrogen) atoms. The van der Waals surface area contributed by atoms with Gasteiger partial charge in [0.15, 0.2) is 0 Å². The second-order valence-electron chi connectivity index (χ2n) is 4.11. The molecule has 0 bridgehead atoms. The molecule has 2 N–H and O–H groups in total. The van der Waals surface area contributed by atoms with Crippen LogP contribution in [-0.2, 0) is 10.2 Å². The van der Waals surface area contributed by atoms with Gasteiger partial charge in [0.05, 0.1) is 7.11 Å². The lowest BCUT2D eigenvalue weighted by atomic mass is 9.64. The summed E-state index contributed by atoms with van der Waals surface area (Å²) < 4.78 is 5.16. The molecular weight excluding hydrogens is 190 g/mol. The van der Waals surface area contributed by atoms with Crippen molar-refractivity contribution in [2.24, 2.45) is 5.73 Å². The number of hydrogen-bond acceptors (Lipinski definition) is 3. The third kappa shape index (κ3) is 1.63. The highest BCUT2D eigenvalue weighted by molar-refractivity contribution is 5.88. The summed E-state index contributed by atoms with van der Waals surface area (Å²) in [7, 11) is 1.64. The Morgan fingerprint density at radius 1 is 1.47 bits per heavy atom. The molecule has 0 atom stereocenters. The van der Waals surface area contributed by atoms with Gasteiger partial charge < -0.3 is 10.5 Å². The van der Waals surface area contributed by atoms with E-state index in [0.29, 0.717) is 25.2 Å². The molecule has 80 valence electrons. The van der Waals surface area contributed by atoms with Crippen molar-refractivity contribution in [3.05, 3.63) is 29.8 Å². The van der Waals surface area contributed by atoms with Gasteiger partial charge in [0.2, 0.25) is 0 Å². The van der Waals surface area contributed by atoms with E-state index in [4.69, 9.17) is 10.5 Å². The quantitative estimate of drug-likeness (QED) is 0.808. The predicted octanol–water partition coefficient (Wildman–Crippen LogP) is 1.25. The van der Waals surface area contributed by atoms with E-state index in [1.54, 1.807) is 7.11 Å². The normalized spacial score (nSPS) is 18.4. The van der Waals surface area contributed by atoms with Gasteiger partial charge in [0.1, 0.15) is 11.5 Å². The number of carbonyl (C=O) groups is 1. The second-order valence-corrected chi connectivity index (χ2v) is 4.11. The second kappa shape index (κ2) is 3.66. The Labute approximate surface area is 89.2 Å². The molecule has 1 aromatic rings. The maximum atomic E-state index is 11.1. The summed E-state index contributed by atoms with van der Waals surface area (Å²) in [6.45, 7) is 0.520. The summed E-state index contributed by atoms with van der Waals surface area (Å²) in [6.07, 6.45) is 1.13.